The molecule has 0 heterocycles. The summed E-state index contributed by atoms with van der Waals surface area (Å²) >= 11 is 24.6. The number of halogens is 5. The standard InChI is InChI=1S/C8H7Br2Cl3Si/c1-5-2-3-6(4-14(11,12)13)8(10)7(5)9/h2-3H,4H2,1H3. The summed E-state index contributed by atoms with van der Waals surface area (Å²) < 4.78 is 2.01. The average Bonchev–Trinajstić information content (AvgIpc) is 2.04. The van der Waals surface area contributed by atoms with Crippen LogP contribution in [0.5, 0.6) is 0 Å². The summed E-state index contributed by atoms with van der Waals surface area (Å²) in [6, 6.07) is 1.92. The first kappa shape index (κ1) is 13.3. The van der Waals surface area contributed by atoms with Crippen LogP contribution in [0.2, 0.25) is 0 Å². The van der Waals surface area contributed by atoms with Crippen LogP contribution in [-0.2, 0) is 6.04 Å². The van der Waals surface area contributed by atoms with Crippen LogP contribution in [0, 0.1) is 6.92 Å². The lowest BCUT2D eigenvalue weighted by molar-refractivity contribution is 1.29. The van der Waals surface area contributed by atoms with Gasteiger partial charge >= 0.3 is 6.00 Å². The van der Waals surface area contributed by atoms with Gasteiger partial charge in [-0.15, -0.1) is 33.2 Å². The van der Waals surface area contributed by atoms with E-state index in [2.05, 4.69) is 31.9 Å². The maximum absolute atomic E-state index is 5.87. The smallest absolute Gasteiger partial charge is 0.126 e. The van der Waals surface area contributed by atoms with E-state index in [1.54, 1.807) is 0 Å². The molecule has 0 aliphatic heterocycles. The largest absolute Gasteiger partial charge is 0.345 e. The Morgan fingerprint density at radius 2 is 1.71 bits per heavy atom. The minimum atomic E-state index is -2.60. The summed E-state index contributed by atoms with van der Waals surface area (Å²) in [5, 5.41) is 0. The maximum atomic E-state index is 5.87. The van der Waals surface area contributed by atoms with E-state index < -0.39 is 6.00 Å². The van der Waals surface area contributed by atoms with Gasteiger partial charge in [0.05, 0.1) is 0 Å². The molecule has 0 atom stereocenters. The van der Waals surface area contributed by atoms with Gasteiger partial charge in [-0.25, -0.2) is 0 Å². The van der Waals surface area contributed by atoms with Crippen LogP contribution < -0.4 is 0 Å². The number of hydrogen-bond donors (Lipinski definition) is 0. The van der Waals surface area contributed by atoms with Crippen LogP contribution in [0.1, 0.15) is 11.1 Å². The Morgan fingerprint density at radius 3 is 2.21 bits per heavy atom. The third-order valence-electron chi connectivity index (χ3n) is 1.75. The Labute approximate surface area is 115 Å². The molecule has 6 heteroatoms. The fraction of sp³-hybridized carbons (Fsp3) is 0.250. The second kappa shape index (κ2) is 5.06. The van der Waals surface area contributed by atoms with Crippen LogP contribution >= 0.6 is 65.1 Å². The van der Waals surface area contributed by atoms with Gasteiger partial charge in [0.15, 0.2) is 0 Å². The molecule has 1 aromatic carbocycles. The highest BCUT2D eigenvalue weighted by atomic mass is 79.9. The highest BCUT2D eigenvalue weighted by molar-refractivity contribution is 9.13. The molecule has 0 aliphatic carbocycles. The van der Waals surface area contributed by atoms with Crippen LogP contribution in [0.25, 0.3) is 0 Å². The van der Waals surface area contributed by atoms with E-state index >= 15 is 0 Å². The molecule has 0 saturated heterocycles. The molecular formula is C8H7Br2Cl3Si. The molecule has 0 fully saturated rings. The predicted octanol–water partition coefficient (Wildman–Crippen LogP) is 5.26. The normalized spacial score (nSPS) is 11.9. The zero-order valence-corrected chi connectivity index (χ0v) is 13.7. The molecule has 1 aromatic rings. The van der Waals surface area contributed by atoms with E-state index in [4.69, 9.17) is 33.2 Å². The Balaban J connectivity index is 3.06. The van der Waals surface area contributed by atoms with Crippen molar-refractivity contribution >= 4 is 71.1 Å². The zero-order valence-electron chi connectivity index (χ0n) is 7.25. The molecule has 0 saturated carbocycles. The first-order valence-electron chi connectivity index (χ1n) is 3.81. The third kappa shape index (κ3) is 3.69. The number of hydrogen-bond acceptors (Lipinski definition) is 0. The Kier molecular flexibility index (Phi) is 4.82. The van der Waals surface area contributed by atoms with Crippen molar-refractivity contribution in [3.63, 3.8) is 0 Å². The number of aryl methyl sites for hydroxylation is 1. The highest BCUT2D eigenvalue weighted by Crippen LogP contribution is 2.34. The SMILES string of the molecule is Cc1ccc(C[Si](Cl)(Cl)Cl)c(Br)c1Br. The monoisotopic (exact) mass is 394 g/mol. The maximum Gasteiger partial charge on any atom is 0.345 e. The van der Waals surface area contributed by atoms with Crippen molar-refractivity contribution in [1.29, 1.82) is 0 Å². The third-order valence-corrected chi connectivity index (χ3v) is 6.19. The van der Waals surface area contributed by atoms with E-state index in [0.29, 0.717) is 6.04 Å². The van der Waals surface area contributed by atoms with Gasteiger partial charge in [0.1, 0.15) is 0 Å². The van der Waals surface area contributed by atoms with Crippen LogP contribution in [-0.4, -0.2) is 6.00 Å². The second-order valence-electron chi connectivity index (χ2n) is 2.96. The Hall–Kier alpha value is 1.27. The molecule has 0 amide bonds. The van der Waals surface area contributed by atoms with Gasteiger partial charge in [-0.2, -0.15) is 0 Å². The lowest BCUT2D eigenvalue weighted by atomic mass is 10.2. The molecule has 0 aromatic heterocycles. The summed E-state index contributed by atoms with van der Waals surface area (Å²) in [5.74, 6) is 0. The topological polar surface area (TPSA) is 0 Å². The Morgan fingerprint density at radius 1 is 1.14 bits per heavy atom. The predicted molar refractivity (Wildman–Crippen MR) is 73.6 cm³/mol. The molecule has 0 spiro atoms. The van der Waals surface area contributed by atoms with Crippen molar-refractivity contribution < 1.29 is 0 Å². The highest BCUT2D eigenvalue weighted by Gasteiger charge is 2.26. The van der Waals surface area contributed by atoms with Crippen molar-refractivity contribution in [1.82, 2.24) is 0 Å². The molecular weight excluding hydrogens is 390 g/mol. The summed E-state index contributed by atoms with van der Waals surface area (Å²) in [7, 11) is 0. The van der Waals surface area contributed by atoms with Crippen molar-refractivity contribution in [3.8, 4) is 0 Å². The van der Waals surface area contributed by atoms with Gasteiger partial charge in [0.2, 0.25) is 0 Å². The van der Waals surface area contributed by atoms with Crippen LogP contribution in [0.3, 0.4) is 0 Å². The first-order valence-corrected chi connectivity index (χ1v) is 10.6. The quantitative estimate of drug-likeness (QED) is 0.472. The summed E-state index contributed by atoms with van der Waals surface area (Å²) in [5.41, 5.74) is 2.20. The van der Waals surface area contributed by atoms with Crippen LogP contribution in [0.15, 0.2) is 21.1 Å². The van der Waals surface area contributed by atoms with Crippen molar-refractivity contribution in [2.75, 3.05) is 0 Å². The lowest BCUT2D eigenvalue weighted by Gasteiger charge is -2.11. The molecule has 0 nitrogen and oxygen atoms in total. The molecule has 14 heavy (non-hydrogen) atoms. The van der Waals surface area contributed by atoms with Gasteiger partial charge in [-0.1, -0.05) is 12.1 Å². The molecule has 1 rings (SSSR count). The molecule has 78 valence electrons. The summed E-state index contributed by atoms with van der Waals surface area (Å²) in [6.07, 6.45) is 0. The molecule has 0 radical (unpaired) electrons. The molecule has 0 aliphatic rings. The molecule has 0 bridgehead atoms. The first-order chi connectivity index (χ1) is 6.31. The minimum absolute atomic E-state index is 0.525. The zero-order chi connectivity index (χ0) is 10.9. The van der Waals surface area contributed by atoms with Crippen LogP contribution in [0.4, 0.5) is 0 Å². The van der Waals surface area contributed by atoms with Gasteiger partial charge in [0.25, 0.3) is 0 Å². The van der Waals surface area contributed by atoms with E-state index in [9.17, 15) is 0 Å². The van der Waals surface area contributed by atoms with Gasteiger partial charge in [0, 0.05) is 15.0 Å². The van der Waals surface area contributed by atoms with Crippen molar-refractivity contribution in [3.05, 3.63) is 32.2 Å². The molecule has 0 N–H and O–H groups in total. The summed E-state index contributed by atoms with van der Waals surface area (Å²) in [4.78, 5) is 0. The van der Waals surface area contributed by atoms with Gasteiger partial charge < -0.3 is 0 Å². The van der Waals surface area contributed by atoms with Gasteiger partial charge in [-0.05, 0) is 49.9 Å². The van der Waals surface area contributed by atoms with Crippen molar-refractivity contribution in [2.45, 2.75) is 13.0 Å². The number of benzene rings is 1. The van der Waals surface area contributed by atoms with E-state index in [1.165, 1.54) is 0 Å². The van der Waals surface area contributed by atoms with E-state index in [0.717, 1.165) is 20.1 Å². The number of rotatable bonds is 2. The lowest BCUT2D eigenvalue weighted by Crippen LogP contribution is -2.14. The summed E-state index contributed by atoms with van der Waals surface area (Å²) in [6.45, 7) is 2.02. The molecule has 0 unspecified atom stereocenters. The van der Waals surface area contributed by atoms with Crippen molar-refractivity contribution in [2.24, 2.45) is 0 Å². The van der Waals surface area contributed by atoms with E-state index in [-0.39, 0.29) is 0 Å². The second-order valence-corrected chi connectivity index (χ2v) is 13.7. The Bertz CT molecular complexity index is 349. The van der Waals surface area contributed by atoms with Gasteiger partial charge in [-0.3, -0.25) is 0 Å². The fourth-order valence-electron chi connectivity index (χ4n) is 1.04. The average molecular weight is 397 g/mol. The van der Waals surface area contributed by atoms with E-state index in [1.807, 2.05) is 19.1 Å². The minimum Gasteiger partial charge on any atom is -0.126 e. The fourth-order valence-corrected chi connectivity index (χ4v) is 4.29.